The second-order valence-corrected chi connectivity index (χ2v) is 6.39. The number of nitrogens with two attached hydrogens (primary N) is 1. The van der Waals surface area contributed by atoms with Crippen LogP contribution in [-0.2, 0) is 21.3 Å². The minimum absolute atomic E-state index is 0.0674. The van der Waals surface area contributed by atoms with Crippen LogP contribution in [-0.4, -0.2) is 28.2 Å². The fourth-order valence-corrected chi connectivity index (χ4v) is 3.37. The summed E-state index contributed by atoms with van der Waals surface area (Å²) in [4.78, 5) is -0.0674. The molecule has 1 aromatic carbocycles. The molecule has 0 aliphatic heterocycles. The molecule has 0 saturated carbocycles. The molecule has 0 bridgehead atoms. The molecule has 0 aliphatic carbocycles. The molecule has 0 aromatic heterocycles. The lowest BCUT2D eigenvalue weighted by atomic mass is 10.1. The molecule has 1 atom stereocenters. The monoisotopic (exact) mass is 304 g/mol. The SMILES string of the molecule is COCCC(C)NS(=O)(=O)c1cc(CN)cc(F)c1C. The lowest BCUT2D eigenvalue weighted by Crippen LogP contribution is -2.34. The maximum atomic E-state index is 13.7. The predicted octanol–water partition coefficient (Wildman–Crippen LogP) is 1.30. The number of methoxy groups -OCH3 is 1. The van der Waals surface area contributed by atoms with Crippen LogP contribution in [0.25, 0.3) is 0 Å². The third-order valence-corrected chi connectivity index (χ3v) is 4.71. The average Bonchev–Trinajstić information content (AvgIpc) is 2.38. The number of halogens is 1. The topological polar surface area (TPSA) is 81.4 Å². The zero-order valence-electron chi connectivity index (χ0n) is 11.9. The van der Waals surface area contributed by atoms with E-state index in [4.69, 9.17) is 10.5 Å². The normalized spacial score (nSPS) is 13.4. The van der Waals surface area contributed by atoms with Gasteiger partial charge in [0.2, 0.25) is 10.0 Å². The molecule has 20 heavy (non-hydrogen) atoms. The van der Waals surface area contributed by atoms with Crippen molar-refractivity contribution in [2.24, 2.45) is 5.73 Å². The molecule has 1 aromatic rings. The first-order valence-corrected chi connectivity index (χ1v) is 7.80. The van der Waals surface area contributed by atoms with Gasteiger partial charge < -0.3 is 10.5 Å². The summed E-state index contributed by atoms with van der Waals surface area (Å²) in [6, 6.07) is 2.36. The summed E-state index contributed by atoms with van der Waals surface area (Å²) in [5.41, 5.74) is 5.98. The lowest BCUT2D eigenvalue weighted by molar-refractivity contribution is 0.188. The summed E-state index contributed by atoms with van der Waals surface area (Å²) in [6.45, 7) is 3.69. The highest BCUT2D eigenvalue weighted by molar-refractivity contribution is 7.89. The van der Waals surface area contributed by atoms with Crippen molar-refractivity contribution in [3.8, 4) is 0 Å². The molecule has 7 heteroatoms. The van der Waals surface area contributed by atoms with Crippen LogP contribution < -0.4 is 10.5 Å². The van der Waals surface area contributed by atoms with Crippen LogP contribution in [0.15, 0.2) is 17.0 Å². The Hall–Kier alpha value is -1.02. The molecular formula is C13H21FN2O3S. The Labute approximate surface area is 119 Å². The van der Waals surface area contributed by atoms with Gasteiger partial charge in [-0.1, -0.05) is 0 Å². The molecule has 0 saturated heterocycles. The number of benzene rings is 1. The van der Waals surface area contributed by atoms with Crippen molar-refractivity contribution in [3.63, 3.8) is 0 Å². The van der Waals surface area contributed by atoms with Gasteiger partial charge in [-0.25, -0.2) is 17.5 Å². The number of ether oxygens (including phenoxy) is 1. The molecule has 0 amide bonds. The predicted molar refractivity (Wildman–Crippen MR) is 75.3 cm³/mol. The van der Waals surface area contributed by atoms with E-state index in [0.29, 0.717) is 18.6 Å². The van der Waals surface area contributed by atoms with Crippen molar-refractivity contribution in [2.75, 3.05) is 13.7 Å². The summed E-state index contributed by atoms with van der Waals surface area (Å²) < 4.78 is 45.7. The van der Waals surface area contributed by atoms with Crippen LogP contribution >= 0.6 is 0 Å². The first-order valence-electron chi connectivity index (χ1n) is 6.32. The maximum Gasteiger partial charge on any atom is 0.241 e. The van der Waals surface area contributed by atoms with Crippen LogP contribution in [0.4, 0.5) is 4.39 Å². The minimum Gasteiger partial charge on any atom is -0.385 e. The standard InChI is InChI=1S/C13H21FN2O3S/c1-9(4-5-19-3)16-20(17,18)13-7-11(8-15)6-12(14)10(13)2/h6-7,9,16H,4-5,8,15H2,1-3H3. The van der Waals surface area contributed by atoms with E-state index in [1.165, 1.54) is 19.1 Å². The Morgan fingerprint density at radius 2 is 2.10 bits per heavy atom. The van der Waals surface area contributed by atoms with Gasteiger partial charge in [-0.3, -0.25) is 0 Å². The van der Waals surface area contributed by atoms with Crippen LogP contribution in [0.2, 0.25) is 0 Å². The third-order valence-electron chi connectivity index (χ3n) is 2.99. The molecule has 5 nitrogen and oxygen atoms in total. The Bertz CT molecular complexity index is 561. The summed E-state index contributed by atoms with van der Waals surface area (Å²) in [6.07, 6.45) is 0.536. The molecule has 1 rings (SSSR count). The third kappa shape index (κ3) is 4.24. The summed E-state index contributed by atoms with van der Waals surface area (Å²) >= 11 is 0. The van der Waals surface area contributed by atoms with Gasteiger partial charge in [0.15, 0.2) is 0 Å². The van der Waals surface area contributed by atoms with E-state index in [-0.39, 0.29) is 23.0 Å². The van der Waals surface area contributed by atoms with Gasteiger partial charge in [-0.15, -0.1) is 0 Å². The van der Waals surface area contributed by atoms with E-state index in [0.717, 1.165) is 0 Å². The quantitative estimate of drug-likeness (QED) is 0.795. The number of sulfonamides is 1. The van der Waals surface area contributed by atoms with Crippen molar-refractivity contribution in [2.45, 2.75) is 37.8 Å². The van der Waals surface area contributed by atoms with E-state index >= 15 is 0 Å². The van der Waals surface area contributed by atoms with Gasteiger partial charge in [0, 0.05) is 31.9 Å². The zero-order valence-corrected chi connectivity index (χ0v) is 12.8. The molecular weight excluding hydrogens is 283 g/mol. The summed E-state index contributed by atoms with van der Waals surface area (Å²) in [5, 5.41) is 0. The molecule has 0 heterocycles. The van der Waals surface area contributed by atoms with Crippen molar-refractivity contribution in [1.82, 2.24) is 4.72 Å². The minimum atomic E-state index is -3.78. The number of hydrogen-bond acceptors (Lipinski definition) is 4. The van der Waals surface area contributed by atoms with E-state index in [1.54, 1.807) is 14.0 Å². The first-order chi connectivity index (χ1) is 9.31. The lowest BCUT2D eigenvalue weighted by Gasteiger charge is -2.16. The van der Waals surface area contributed by atoms with E-state index in [2.05, 4.69) is 4.72 Å². The van der Waals surface area contributed by atoms with Crippen LogP contribution in [0.3, 0.4) is 0 Å². The maximum absolute atomic E-state index is 13.7. The van der Waals surface area contributed by atoms with Gasteiger partial charge in [0.1, 0.15) is 5.82 Å². The van der Waals surface area contributed by atoms with Crippen molar-refractivity contribution in [1.29, 1.82) is 0 Å². The van der Waals surface area contributed by atoms with Crippen molar-refractivity contribution in [3.05, 3.63) is 29.1 Å². The van der Waals surface area contributed by atoms with Crippen molar-refractivity contribution >= 4 is 10.0 Å². The molecule has 0 radical (unpaired) electrons. The van der Waals surface area contributed by atoms with E-state index < -0.39 is 15.8 Å². The fourth-order valence-electron chi connectivity index (χ4n) is 1.79. The highest BCUT2D eigenvalue weighted by Crippen LogP contribution is 2.21. The molecule has 1 unspecified atom stereocenters. The van der Waals surface area contributed by atoms with Gasteiger partial charge in [-0.2, -0.15) is 0 Å². The number of nitrogens with one attached hydrogen (secondary N) is 1. The molecule has 114 valence electrons. The summed E-state index contributed by atoms with van der Waals surface area (Å²) in [7, 11) is -2.23. The average molecular weight is 304 g/mol. The number of hydrogen-bond donors (Lipinski definition) is 2. The Morgan fingerprint density at radius 1 is 1.45 bits per heavy atom. The van der Waals surface area contributed by atoms with Gasteiger partial charge in [-0.05, 0) is 38.0 Å². The van der Waals surface area contributed by atoms with Gasteiger partial charge in [0.05, 0.1) is 4.90 Å². The molecule has 3 N–H and O–H groups in total. The Kier molecular flexibility index (Phi) is 6.07. The molecule has 0 aliphatic rings. The van der Waals surface area contributed by atoms with E-state index in [1.807, 2.05) is 0 Å². The second-order valence-electron chi connectivity index (χ2n) is 4.71. The second kappa shape index (κ2) is 7.12. The molecule has 0 spiro atoms. The van der Waals surface area contributed by atoms with Crippen LogP contribution in [0.1, 0.15) is 24.5 Å². The number of rotatable bonds is 7. The van der Waals surface area contributed by atoms with Gasteiger partial charge in [0.25, 0.3) is 0 Å². The van der Waals surface area contributed by atoms with Gasteiger partial charge >= 0.3 is 0 Å². The smallest absolute Gasteiger partial charge is 0.241 e. The van der Waals surface area contributed by atoms with E-state index in [9.17, 15) is 12.8 Å². The highest BCUT2D eigenvalue weighted by Gasteiger charge is 2.22. The van der Waals surface area contributed by atoms with Crippen molar-refractivity contribution < 1.29 is 17.5 Å². The van der Waals surface area contributed by atoms with Crippen LogP contribution in [0.5, 0.6) is 0 Å². The Morgan fingerprint density at radius 3 is 2.65 bits per heavy atom. The fraction of sp³-hybridized carbons (Fsp3) is 0.538. The zero-order chi connectivity index (χ0) is 15.3. The molecule has 0 fully saturated rings. The highest BCUT2D eigenvalue weighted by atomic mass is 32.2. The summed E-state index contributed by atoms with van der Waals surface area (Å²) in [5.74, 6) is -0.571. The largest absolute Gasteiger partial charge is 0.385 e. The first kappa shape index (κ1) is 17.0. The Balaban J connectivity index is 3.06. The van der Waals surface area contributed by atoms with Crippen LogP contribution in [0, 0.1) is 12.7 Å².